The third-order valence-electron chi connectivity index (χ3n) is 4.32. The topological polar surface area (TPSA) is 74.2 Å². The van der Waals surface area contributed by atoms with Gasteiger partial charge >= 0.3 is 0 Å². The number of para-hydroxylation sites is 1. The van der Waals surface area contributed by atoms with Crippen LogP contribution in [0.25, 0.3) is 0 Å². The first-order chi connectivity index (χ1) is 13.1. The fourth-order valence-electron chi connectivity index (χ4n) is 2.73. The monoisotopic (exact) mass is 363 g/mol. The first-order valence-electron chi connectivity index (χ1n) is 8.95. The maximum Gasteiger partial charge on any atom is 0.263 e. The normalized spacial score (nSPS) is 10.8. The quantitative estimate of drug-likeness (QED) is 0.553. The van der Waals surface area contributed by atoms with Crippen LogP contribution in [-0.4, -0.2) is 19.6 Å². The maximum absolute atomic E-state index is 12.3. The Morgan fingerprint density at radius 2 is 1.96 bits per heavy atom. The van der Waals surface area contributed by atoms with Gasteiger partial charge in [-0.3, -0.25) is 4.79 Å². The predicted molar refractivity (Wildman–Crippen MR) is 108 cm³/mol. The van der Waals surface area contributed by atoms with E-state index in [1.807, 2.05) is 55.5 Å². The number of hydrogen-bond acceptors (Lipinski definition) is 4. The molecule has 0 bridgehead atoms. The molecule has 2 rings (SSSR count). The minimum atomic E-state index is -0.384. The van der Waals surface area contributed by atoms with E-state index in [9.17, 15) is 10.1 Å². The van der Waals surface area contributed by atoms with E-state index in [4.69, 9.17) is 4.74 Å². The smallest absolute Gasteiger partial charge is 0.263 e. The largest absolute Gasteiger partial charge is 0.497 e. The standard InChI is InChI=1S/C22H25N3O2/c1-4-18-7-5-6-16(2)21(18)25-15-19(14-23)22(26)24-13-12-17-8-10-20(27-3)11-9-17/h5-11,15,25H,4,12-13H2,1-3H3,(H,24,26)/b19-15-. The van der Waals surface area contributed by atoms with Gasteiger partial charge in [0.25, 0.3) is 5.91 Å². The predicted octanol–water partition coefficient (Wildman–Crippen LogP) is 3.74. The molecule has 0 heterocycles. The van der Waals surface area contributed by atoms with E-state index in [-0.39, 0.29) is 11.5 Å². The Morgan fingerprint density at radius 1 is 1.22 bits per heavy atom. The number of hydrogen-bond donors (Lipinski definition) is 2. The van der Waals surface area contributed by atoms with E-state index in [0.717, 1.165) is 34.5 Å². The average molecular weight is 363 g/mol. The molecule has 5 nitrogen and oxygen atoms in total. The van der Waals surface area contributed by atoms with Crippen molar-refractivity contribution in [1.82, 2.24) is 5.32 Å². The van der Waals surface area contributed by atoms with Gasteiger partial charge in [0.05, 0.1) is 7.11 Å². The number of ether oxygens (including phenoxy) is 1. The van der Waals surface area contributed by atoms with Crippen LogP contribution in [-0.2, 0) is 17.6 Å². The van der Waals surface area contributed by atoms with Gasteiger partial charge in [-0.05, 0) is 48.6 Å². The zero-order valence-electron chi connectivity index (χ0n) is 16.0. The van der Waals surface area contributed by atoms with Crippen LogP contribution in [0.4, 0.5) is 5.69 Å². The number of nitrogens with one attached hydrogen (secondary N) is 2. The van der Waals surface area contributed by atoms with Gasteiger partial charge in [0.2, 0.25) is 0 Å². The second-order valence-corrected chi connectivity index (χ2v) is 6.13. The number of rotatable bonds is 8. The van der Waals surface area contributed by atoms with Gasteiger partial charge in [0.1, 0.15) is 17.4 Å². The maximum atomic E-state index is 12.3. The fraction of sp³-hybridized carbons (Fsp3) is 0.273. The Bertz CT molecular complexity index is 849. The Morgan fingerprint density at radius 3 is 2.59 bits per heavy atom. The highest BCUT2D eigenvalue weighted by molar-refractivity contribution is 5.97. The zero-order chi connectivity index (χ0) is 19.6. The lowest BCUT2D eigenvalue weighted by molar-refractivity contribution is -0.117. The van der Waals surface area contributed by atoms with E-state index < -0.39 is 0 Å². The van der Waals surface area contributed by atoms with Crippen molar-refractivity contribution in [2.24, 2.45) is 0 Å². The van der Waals surface area contributed by atoms with Gasteiger partial charge in [0, 0.05) is 18.4 Å². The van der Waals surface area contributed by atoms with Crippen LogP contribution in [0.1, 0.15) is 23.6 Å². The molecule has 0 aliphatic carbocycles. The van der Waals surface area contributed by atoms with Gasteiger partial charge in [-0.25, -0.2) is 0 Å². The molecule has 0 atom stereocenters. The summed E-state index contributed by atoms with van der Waals surface area (Å²) in [6, 6.07) is 15.7. The fourth-order valence-corrected chi connectivity index (χ4v) is 2.73. The van der Waals surface area contributed by atoms with Crippen molar-refractivity contribution >= 4 is 11.6 Å². The van der Waals surface area contributed by atoms with Crippen LogP contribution in [0.15, 0.2) is 54.2 Å². The number of benzene rings is 2. The molecule has 5 heteroatoms. The molecule has 140 valence electrons. The number of carbonyl (C=O) groups excluding carboxylic acids is 1. The second-order valence-electron chi connectivity index (χ2n) is 6.13. The van der Waals surface area contributed by atoms with E-state index in [1.165, 1.54) is 6.20 Å². The van der Waals surface area contributed by atoms with Crippen LogP contribution in [0.3, 0.4) is 0 Å². The van der Waals surface area contributed by atoms with Crippen molar-refractivity contribution < 1.29 is 9.53 Å². The lowest BCUT2D eigenvalue weighted by atomic mass is 10.1. The molecule has 0 unspecified atom stereocenters. The zero-order valence-corrected chi connectivity index (χ0v) is 16.0. The molecule has 2 aromatic rings. The molecule has 0 spiro atoms. The molecule has 27 heavy (non-hydrogen) atoms. The number of carbonyl (C=O) groups is 1. The molecular weight excluding hydrogens is 338 g/mol. The highest BCUT2D eigenvalue weighted by Gasteiger charge is 2.09. The minimum Gasteiger partial charge on any atom is -0.497 e. The summed E-state index contributed by atoms with van der Waals surface area (Å²) in [7, 11) is 1.62. The summed E-state index contributed by atoms with van der Waals surface area (Å²) in [5, 5.41) is 15.2. The lowest BCUT2D eigenvalue weighted by Gasteiger charge is -2.11. The summed E-state index contributed by atoms with van der Waals surface area (Å²) in [5.41, 5.74) is 4.30. The Hall–Kier alpha value is -3.26. The summed E-state index contributed by atoms with van der Waals surface area (Å²) in [4.78, 5) is 12.3. The van der Waals surface area contributed by atoms with Crippen molar-refractivity contribution in [2.45, 2.75) is 26.7 Å². The lowest BCUT2D eigenvalue weighted by Crippen LogP contribution is -2.27. The number of methoxy groups -OCH3 is 1. The number of amides is 1. The van der Waals surface area contributed by atoms with Crippen molar-refractivity contribution in [3.63, 3.8) is 0 Å². The summed E-state index contributed by atoms with van der Waals surface area (Å²) in [6.45, 7) is 4.52. The van der Waals surface area contributed by atoms with E-state index in [2.05, 4.69) is 17.6 Å². The Labute approximate surface area is 160 Å². The second kappa shape index (κ2) is 10.0. The molecule has 0 radical (unpaired) electrons. The minimum absolute atomic E-state index is 0.0510. The van der Waals surface area contributed by atoms with Gasteiger partial charge < -0.3 is 15.4 Å². The molecule has 2 aromatic carbocycles. The van der Waals surface area contributed by atoms with Crippen LogP contribution in [0.5, 0.6) is 5.75 Å². The molecular formula is C22H25N3O2. The number of nitriles is 1. The molecule has 0 aromatic heterocycles. The molecule has 1 amide bonds. The van der Waals surface area contributed by atoms with Crippen molar-refractivity contribution in [3.05, 3.63) is 70.9 Å². The van der Waals surface area contributed by atoms with Gasteiger partial charge in [-0.2, -0.15) is 5.26 Å². The molecule has 2 N–H and O–H groups in total. The number of nitrogens with zero attached hydrogens (tertiary/aromatic N) is 1. The highest BCUT2D eigenvalue weighted by Crippen LogP contribution is 2.21. The van der Waals surface area contributed by atoms with E-state index in [1.54, 1.807) is 7.11 Å². The van der Waals surface area contributed by atoms with Gasteiger partial charge in [0.15, 0.2) is 0 Å². The molecule has 0 saturated carbocycles. The highest BCUT2D eigenvalue weighted by atomic mass is 16.5. The number of aryl methyl sites for hydroxylation is 2. The molecule has 0 saturated heterocycles. The number of anilines is 1. The molecule has 0 aliphatic rings. The third kappa shape index (κ3) is 5.61. The molecule has 0 fully saturated rings. The van der Waals surface area contributed by atoms with Gasteiger partial charge in [-0.1, -0.05) is 37.3 Å². The van der Waals surface area contributed by atoms with Crippen molar-refractivity contribution in [3.8, 4) is 11.8 Å². The SMILES string of the molecule is CCc1cccc(C)c1N/C=C(/C#N)C(=O)NCCc1ccc(OC)cc1. The van der Waals surface area contributed by atoms with Crippen LogP contribution < -0.4 is 15.4 Å². The first kappa shape index (κ1) is 20.1. The summed E-state index contributed by atoms with van der Waals surface area (Å²) in [6.07, 6.45) is 3.03. The summed E-state index contributed by atoms with van der Waals surface area (Å²) in [5.74, 6) is 0.413. The van der Waals surface area contributed by atoms with Crippen LogP contribution in [0, 0.1) is 18.3 Å². The van der Waals surface area contributed by atoms with Gasteiger partial charge in [-0.15, -0.1) is 0 Å². The van der Waals surface area contributed by atoms with E-state index in [0.29, 0.717) is 13.0 Å². The third-order valence-corrected chi connectivity index (χ3v) is 4.32. The van der Waals surface area contributed by atoms with Crippen molar-refractivity contribution in [2.75, 3.05) is 19.0 Å². The van der Waals surface area contributed by atoms with Crippen LogP contribution in [0.2, 0.25) is 0 Å². The Kier molecular flexibility index (Phi) is 7.45. The molecule has 0 aliphatic heterocycles. The Balaban J connectivity index is 1.95. The van der Waals surface area contributed by atoms with E-state index >= 15 is 0 Å². The first-order valence-corrected chi connectivity index (χ1v) is 8.95. The summed E-state index contributed by atoms with van der Waals surface area (Å²) < 4.78 is 5.13. The van der Waals surface area contributed by atoms with Crippen molar-refractivity contribution in [1.29, 1.82) is 5.26 Å². The average Bonchev–Trinajstić information content (AvgIpc) is 2.69. The van der Waals surface area contributed by atoms with Crippen LogP contribution >= 0.6 is 0 Å². The summed E-state index contributed by atoms with van der Waals surface area (Å²) >= 11 is 0.